The van der Waals surface area contributed by atoms with Gasteiger partial charge in [0.15, 0.2) is 0 Å². The monoisotopic (exact) mass is 383 g/mol. The van der Waals surface area contributed by atoms with Crippen LogP contribution in [0.15, 0.2) is 0 Å². The zero-order chi connectivity index (χ0) is 16.5. The van der Waals surface area contributed by atoms with Crippen LogP contribution in [0.5, 0.6) is 0 Å². The van der Waals surface area contributed by atoms with Gasteiger partial charge in [0.25, 0.3) is 9.70 Å². The maximum absolute atomic E-state index is 12.2. The molecule has 0 aliphatic heterocycles. The minimum Gasteiger partial charge on any atom is -0.462 e. The number of fused-ring (bicyclic) bond motifs is 1. The highest BCUT2D eigenvalue weighted by Crippen LogP contribution is 2.41. The number of anilines is 1. The molecule has 22 heavy (non-hydrogen) atoms. The highest BCUT2D eigenvalue weighted by molar-refractivity contribution is 7.17. The number of carbonyl (C=O) groups excluding carboxylic acids is 2. The zero-order valence-corrected chi connectivity index (χ0v) is 15.3. The Balaban J connectivity index is 2.39. The van der Waals surface area contributed by atoms with Gasteiger partial charge in [0.2, 0.25) is 0 Å². The van der Waals surface area contributed by atoms with Crippen LogP contribution in [-0.2, 0) is 22.4 Å². The van der Waals surface area contributed by atoms with Gasteiger partial charge in [0, 0.05) is 4.88 Å². The average molecular weight is 385 g/mol. The largest absolute Gasteiger partial charge is 0.462 e. The maximum Gasteiger partial charge on any atom is 0.341 e. The summed E-state index contributed by atoms with van der Waals surface area (Å²) in [6, 6.07) is 0. The van der Waals surface area contributed by atoms with Crippen LogP contribution < -0.4 is 5.32 Å². The Morgan fingerprint density at radius 1 is 1.41 bits per heavy atom. The van der Waals surface area contributed by atoms with Gasteiger partial charge in [-0.25, -0.2) is 4.79 Å². The molecule has 1 heterocycles. The summed E-state index contributed by atoms with van der Waals surface area (Å²) in [6.07, 6.45) is 2.65. The molecule has 0 radical (unpaired) electrons. The Hall–Kier alpha value is -0.490. The van der Waals surface area contributed by atoms with Gasteiger partial charge in [-0.2, -0.15) is 0 Å². The fourth-order valence-electron chi connectivity index (χ4n) is 2.43. The van der Waals surface area contributed by atoms with E-state index in [0.717, 1.165) is 29.7 Å². The van der Waals surface area contributed by atoms with Crippen molar-refractivity contribution in [2.75, 3.05) is 11.9 Å². The molecule has 1 amide bonds. The van der Waals surface area contributed by atoms with E-state index in [0.29, 0.717) is 16.5 Å². The predicted octanol–water partition coefficient (Wildman–Crippen LogP) is 4.36. The minimum atomic E-state index is -2.08. The normalized spacial score (nSPS) is 17.8. The molecule has 0 saturated carbocycles. The number of carbonyl (C=O) groups is 2. The third kappa shape index (κ3) is 3.88. The van der Waals surface area contributed by atoms with E-state index >= 15 is 0 Å². The number of thiophene rings is 1. The van der Waals surface area contributed by atoms with E-state index in [1.165, 1.54) is 11.3 Å². The third-order valence-corrected chi connectivity index (χ3v) is 5.16. The summed E-state index contributed by atoms with van der Waals surface area (Å²) >= 11 is 18.1. The number of nitrogens with one attached hydrogen (secondary N) is 1. The van der Waals surface area contributed by atoms with E-state index in [4.69, 9.17) is 39.5 Å². The topological polar surface area (TPSA) is 55.4 Å². The first kappa shape index (κ1) is 17.9. The minimum absolute atomic E-state index is 0.262. The molecule has 1 N–H and O–H groups in total. The molecule has 0 saturated heterocycles. The number of amides is 1. The van der Waals surface area contributed by atoms with Crippen molar-refractivity contribution in [3.05, 3.63) is 16.0 Å². The molecule has 0 spiro atoms. The molecule has 0 fully saturated rings. The fourth-order valence-corrected chi connectivity index (χ4v) is 3.97. The molecule has 4 nitrogen and oxygen atoms in total. The summed E-state index contributed by atoms with van der Waals surface area (Å²) in [5.41, 5.74) is 1.34. The van der Waals surface area contributed by atoms with E-state index in [1.807, 2.05) is 0 Å². The van der Waals surface area contributed by atoms with E-state index in [2.05, 4.69) is 12.2 Å². The summed E-state index contributed by atoms with van der Waals surface area (Å²) in [7, 11) is 0. The average Bonchev–Trinajstić information content (AvgIpc) is 2.74. The first-order valence-electron chi connectivity index (χ1n) is 6.93. The van der Waals surface area contributed by atoms with Gasteiger partial charge < -0.3 is 10.1 Å². The lowest BCUT2D eigenvalue weighted by Gasteiger charge is -2.18. The first-order chi connectivity index (χ1) is 10.2. The SMILES string of the molecule is CCOC(=O)c1c(NC(=O)C(Cl)(Cl)Cl)sc2c1CCC(C)C2. The van der Waals surface area contributed by atoms with Crippen molar-refractivity contribution in [1.82, 2.24) is 0 Å². The lowest BCUT2D eigenvalue weighted by atomic mass is 9.88. The van der Waals surface area contributed by atoms with Crippen LogP contribution in [-0.4, -0.2) is 22.3 Å². The Kier molecular flexibility index (Phi) is 5.64. The van der Waals surface area contributed by atoms with E-state index in [1.54, 1.807) is 6.92 Å². The Bertz CT molecular complexity index is 595. The molecule has 1 aromatic heterocycles. The van der Waals surface area contributed by atoms with Gasteiger partial charge in [0.1, 0.15) is 5.00 Å². The van der Waals surface area contributed by atoms with Crippen molar-refractivity contribution in [3.63, 3.8) is 0 Å². The van der Waals surface area contributed by atoms with Crippen molar-refractivity contribution >= 4 is 63.0 Å². The van der Waals surface area contributed by atoms with Gasteiger partial charge in [-0.15, -0.1) is 11.3 Å². The summed E-state index contributed by atoms with van der Waals surface area (Å²) in [6.45, 7) is 4.16. The third-order valence-electron chi connectivity index (χ3n) is 3.48. The number of alkyl halides is 3. The molecular formula is C14H16Cl3NO3S. The summed E-state index contributed by atoms with van der Waals surface area (Å²) < 4.78 is 3.02. The van der Waals surface area contributed by atoms with Gasteiger partial charge in [-0.05, 0) is 37.7 Å². The predicted molar refractivity (Wildman–Crippen MR) is 90.4 cm³/mol. The Labute approximate surface area is 148 Å². The highest BCUT2D eigenvalue weighted by atomic mass is 35.6. The van der Waals surface area contributed by atoms with Crippen LogP contribution in [0.25, 0.3) is 0 Å². The van der Waals surface area contributed by atoms with Crippen molar-refractivity contribution in [1.29, 1.82) is 0 Å². The summed E-state index contributed by atoms with van der Waals surface area (Å²) in [5.74, 6) is -0.693. The van der Waals surface area contributed by atoms with Gasteiger partial charge in [0.05, 0.1) is 12.2 Å². The molecule has 1 aliphatic rings. The van der Waals surface area contributed by atoms with E-state index in [-0.39, 0.29) is 6.61 Å². The quantitative estimate of drug-likeness (QED) is 0.622. The molecule has 8 heteroatoms. The standard InChI is InChI=1S/C14H16Cl3NO3S/c1-3-21-12(19)10-8-5-4-7(2)6-9(8)22-11(10)18-13(20)14(15,16)17/h7H,3-6H2,1-2H3,(H,18,20). The molecule has 0 aromatic carbocycles. The molecule has 1 aliphatic carbocycles. The van der Waals surface area contributed by atoms with E-state index in [9.17, 15) is 9.59 Å². The van der Waals surface area contributed by atoms with Crippen molar-refractivity contribution in [3.8, 4) is 0 Å². The Morgan fingerprint density at radius 2 is 2.09 bits per heavy atom. The first-order valence-corrected chi connectivity index (χ1v) is 8.88. The number of esters is 1. The number of ether oxygens (including phenoxy) is 1. The number of hydrogen-bond donors (Lipinski definition) is 1. The lowest BCUT2D eigenvalue weighted by molar-refractivity contribution is -0.115. The molecule has 1 atom stereocenters. The Morgan fingerprint density at radius 3 is 2.68 bits per heavy atom. The number of hydrogen-bond acceptors (Lipinski definition) is 4. The maximum atomic E-state index is 12.2. The molecule has 122 valence electrons. The zero-order valence-electron chi connectivity index (χ0n) is 12.2. The van der Waals surface area contributed by atoms with Gasteiger partial charge >= 0.3 is 5.97 Å². The van der Waals surface area contributed by atoms with Gasteiger partial charge in [-0.1, -0.05) is 41.7 Å². The highest BCUT2D eigenvalue weighted by Gasteiger charge is 2.34. The smallest absolute Gasteiger partial charge is 0.341 e. The second-order valence-corrected chi connectivity index (χ2v) is 8.61. The van der Waals surface area contributed by atoms with Crippen molar-refractivity contribution in [2.45, 2.75) is 36.9 Å². The molecule has 2 rings (SSSR count). The van der Waals surface area contributed by atoms with Crippen LogP contribution in [0.4, 0.5) is 5.00 Å². The van der Waals surface area contributed by atoms with Gasteiger partial charge in [-0.3, -0.25) is 4.79 Å². The summed E-state index contributed by atoms with van der Waals surface area (Å²) in [5, 5.41) is 2.94. The molecule has 0 bridgehead atoms. The fraction of sp³-hybridized carbons (Fsp3) is 0.571. The van der Waals surface area contributed by atoms with Crippen molar-refractivity contribution in [2.24, 2.45) is 5.92 Å². The lowest BCUT2D eigenvalue weighted by Crippen LogP contribution is -2.27. The van der Waals surface area contributed by atoms with Crippen molar-refractivity contribution < 1.29 is 14.3 Å². The number of halogens is 3. The van der Waals surface area contributed by atoms with E-state index < -0.39 is 15.7 Å². The molecule has 1 unspecified atom stereocenters. The molecule has 1 aromatic rings. The second-order valence-electron chi connectivity index (χ2n) is 5.23. The van der Waals surface area contributed by atoms with Crippen LogP contribution >= 0.6 is 46.1 Å². The van der Waals surface area contributed by atoms with Crippen LogP contribution in [0.1, 0.15) is 41.1 Å². The van der Waals surface area contributed by atoms with Crippen LogP contribution in [0.3, 0.4) is 0 Å². The second kappa shape index (κ2) is 6.95. The molecular weight excluding hydrogens is 369 g/mol. The summed E-state index contributed by atoms with van der Waals surface area (Å²) in [4.78, 5) is 25.2. The van der Waals surface area contributed by atoms with Crippen LogP contribution in [0, 0.1) is 5.92 Å². The van der Waals surface area contributed by atoms with Crippen LogP contribution in [0.2, 0.25) is 0 Å². The number of rotatable bonds is 3.